The van der Waals surface area contributed by atoms with Crippen LogP contribution >= 0.6 is 0 Å². The zero-order chi connectivity index (χ0) is 11.6. The molecule has 0 N–H and O–H groups in total. The summed E-state index contributed by atoms with van der Waals surface area (Å²) >= 11 is 0. The lowest BCUT2D eigenvalue weighted by Crippen LogP contribution is -2.35. The van der Waals surface area contributed by atoms with Gasteiger partial charge in [-0.3, -0.25) is 0 Å². The molecule has 16 heavy (non-hydrogen) atoms. The Hall–Kier alpha value is -0.820. The maximum atomic E-state index is 5.68. The summed E-state index contributed by atoms with van der Waals surface area (Å²) in [5.74, 6) is 0.728. The summed E-state index contributed by atoms with van der Waals surface area (Å²) < 4.78 is 5.68. The molecule has 0 amide bonds. The van der Waals surface area contributed by atoms with Gasteiger partial charge in [-0.05, 0) is 42.7 Å². The predicted molar refractivity (Wildman–Crippen MR) is 67.5 cm³/mol. The Balaban J connectivity index is 2.12. The summed E-state index contributed by atoms with van der Waals surface area (Å²) in [5.41, 5.74) is 2.83. The summed E-state index contributed by atoms with van der Waals surface area (Å²) in [7, 11) is 1.83. The molecule has 0 unspecified atom stereocenters. The van der Waals surface area contributed by atoms with Crippen LogP contribution in [-0.2, 0) is 16.8 Å². The van der Waals surface area contributed by atoms with Crippen LogP contribution in [0.3, 0.4) is 0 Å². The second kappa shape index (κ2) is 4.58. The lowest BCUT2D eigenvalue weighted by molar-refractivity contribution is -0.0778. The van der Waals surface area contributed by atoms with E-state index < -0.39 is 0 Å². The first kappa shape index (κ1) is 11.7. The summed E-state index contributed by atoms with van der Waals surface area (Å²) in [5, 5.41) is 0. The van der Waals surface area contributed by atoms with Gasteiger partial charge in [0.25, 0.3) is 0 Å². The van der Waals surface area contributed by atoms with Crippen LogP contribution in [0.15, 0.2) is 24.3 Å². The molecule has 1 aliphatic carbocycles. The van der Waals surface area contributed by atoms with Crippen molar-refractivity contribution in [2.45, 2.75) is 45.1 Å². The van der Waals surface area contributed by atoms with Crippen molar-refractivity contribution in [1.82, 2.24) is 0 Å². The van der Waals surface area contributed by atoms with Gasteiger partial charge >= 0.3 is 0 Å². The highest BCUT2D eigenvalue weighted by Crippen LogP contribution is 2.44. The predicted octanol–water partition coefficient (Wildman–Crippen LogP) is 3.91. The Bertz CT molecular complexity index is 327. The number of methoxy groups -OCH3 is 1. The van der Waals surface area contributed by atoms with Crippen LogP contribution in [0.2, 0.25) is 0 Å². The Labute approximate surface area is 98.8 Å². The SMILES string of the molecule is COC1(c2ccc(CC(C)C)cc2)CCC1. The third-order valence-corrected chi connectivity index (χ3v) is 3.68. The van der Waals surface area contributed by atoms with Gasteiger partial charge in [0, 0.05) is 7.11 Å². The van der Waals surface area contributed by atoms with E-state index in [0.717, 1.165) is 5.92 Å². The summed E-state index contributed by atoms with van der Waals surface area (Å²) in [6.45, 7) is 4.52. The van der Waals surface area contributed by atoms with Crippen molar-refractivity contribution in [2.75, 3.05) is 7.11 Å². The fraction of sp³-hybridized carbons (Fsp3) is 0.600. The van der Waals surface area contributed by atoms with E-state index in [0.29, 0.717) is 0 Å². The Morgan fingerprint density at radius 1 is 1.19 bits per heavy atom. The molecule has 1 aromatic rings. The summed E-state index contributed by atoms with van der Waals surface area (Å²) in [6, 6.07) is 9.02. The summed E-state index contributed by atoms with van der Waals surface area (Å²) in [6.07, 6.45) is 4.81. The van der Waals surface area contributed by atoms with Crippen LogP contribution in [0.1, 0.15) is 44.2 Å². The lowest BCUT2D eigenvalue weighted by atomic mass is 9.74. The van der Waals surface area contributed by atoms with Gasteiger partial charge in [0.15, 0.2) is 0 Å². The van der Waals surface area contributed by atoms with Crippen molar-refractivity contribution >= 4 is 0 Å². The van der Waals surface area contributed by atoms with E-state index in [4.69, 9.17) is 4.74 Å². The first-order chi connectivity index (χ1) is 7.66. The quantitative estimate of drug-likeness (QED) is 0.744. The molecule has 1 heteroatoms. The molecule has 1 fully saturated rings. The van der Waals surface area contributed by atoms with Gasteiger partial charge in [0.1, 0.15) is 0 Å². The van der Waals surface area contributed by atoms with Gasteiger partial charge < -0.3 is 4.74 Å². The Morgan fingerprint density at radius 3 is 2.19 bits per heavy atom. The highest BCUT2D eigenvalue weighted by molar-refractivity contribution is 5.29. The average molecular weight is 218 g/mol. The van der Waals surface area contributed by atoms with Crippen molar-refractivity contribution in [3.63, 3.8) is 0 Å². The molecule has 1 nitrogen and oxygen atoms in total. The molecular formula is C15H22O. The minimum absolute atomic E-state index is 0.0381. The molecule has 88 valence electrons. The molecular weight excluding hydrogens is 196 g/mol. The van der Waals surface area contributed by atoms with Crippen LogP contribution < -0.4 is 0 Å². The monoisotopic (exact) mass is 218 g/mol. The van der Waals surface area contributed by atoms with Crippen molar-refractivity contribution in [1.29, 1.82) is 0 Å². The second-order valence-electron chi connectivity index (χ2n) is 5.35. The van der Waals surface area contributed by atoms with Crippen LogP contribution in [0.5, 0.6) is 0 Å². The number of ether oxygens (including phenoxy) is 1. The minimum Gasteiger partial charge on any atom is -0.374 e. The van der Waals surface area contributed by atoms with Crippen LogP contribution in [-0.4, -0.2) is 7.11 Å². The molecule has 0 aromatic heterocycles. The molecule has 0 spiro atoms. The topological polar surface area (TPSA) is 9.23 Å². The standard InChI is InChI=1S/C15H22O/c1-12(2)11-13-5-7-14(8-6-13)15(16-3)9-4-10-15/h5-8,12H,4,9-11H2,1-3H3. The number of rotatable bonds is 4. The van der Waals surface area contributed by atoms with E-state index in [2.05, 4.69) is 38.1 Å². The van der Waals surface area contributed by atoms with Crippen molar-refractivity contribution in [3.8, 4) is 0 Å². The van der Waals surface area contributed by atoms with Gasteiger partial charge in [0.05, 0.1) is 5.60 Å². The molecule has 1 saturated carbocycles. The van der Waals surface area contributed by atoms with E-state index in [1.807, 2.05) is 7.11 Å². The summed E-state index contributed by atoms with van der Waals surface area (Å²) in [4.78, 5) is 0. The van der Waals surface area contributed by atoms with Crippen LogP contribution in [0.4, 0.5) is 0 Å². The molecule has 0 atom stereocenters. The van der Waals surface area contributed by atoms with Crippen LogP contribution in [0.25, 0.3) is 0 Å². The maximum Gasteiger partial charge on any atom is 0.0927 e. The van der Waals surface area contributed by atoms with Gasteiger partial charge in [-0.2, -0.15) is 0 Å². The second-order valence-corrected chi connectivity index (χ2v) is 5.35. The third-order valence-electron chi connectivity index (χ3n) is 3.68. The van der Waals surface area contributed by atoms with E-state index in [1.54, 1.807) is 0 Å². The molecule has 0 radical (unpaired) electrons. The van der Waals surface area contributed by atoms with E-state index in [9.17, 15) is 0 Å². The van der Waals surface area contributed by atoms with Gasteiger partial charge in [-0.25, -0.2) is 0 Å². The molecule has 0 saturated heterocycles. The molecule has 0 heterocycles. The first-order valence-corrected chi connectivity index (χ1v) is 6.31. The lowest BCUT2D eigenvalue weighted by Gasteiger charge is -2.41. The third kappa shape index (κ3) is 2.15. The van der Waals surface area contributed by atoms with Gasteiger partial charge in [0.2, 0.25) is 0 Å². The van der Waals surface area contributed by atoms with Crippen molar-refractivity contribution in [2.24, 2.45) is 5.92 Å². The minimum atomic E-state index is 0.0381. The highest BCUT2D eigenvalue weighted by Gasteiger charge is 2.38. The maximum absolute atomic E-state index is 5.68. The number of benzene rings is 1. The molecule has 2 rings (SSSR count). The van der Waals surface area contributed by atoms with E-state index in [1.165, 1.54) is 36.8 Å². The smallest absolute Gasteiger partial charge is 0.0927 e. The molecule has 1 aliphatic rings. The van der Waals surface area contributed by atoms with E-state index in [-0.39, 0.29) is 5.60 Å². The Kier molecular flexibility index (Phi) is 3.34. The fourth-order valence-corrected chi connectivity index (χ4v) is 2.52. The number of hydrogen-bond acceptors (Lipinski definition) is 1. The first-order valence-electron chi connectivity index (χ1n) is 6.31. The van der Waals surface area contributed by atoms with Crippen molar-refractivity contribution < 1.29 is 4.74 Å². The number of hydrogen-bond donors (Lipinski definition) is 0. The highest BCUT2D eigenvalue weighted by atomic mass is 16.5. The van der Waals surface area contributed by atoms with Crippen molar-refractivity contribution in [3.05, 3.63) is 35.4 Å². The van der Waals surface area contributed by atoms with Gasteiger partial charge in [-0.1, -0.05) is 38.1 Å². The van der Waals surface area contributed by atoms with Gasteiger partial charge in [-0.15, -0.1) is 0 Å². The molecule has 0 aliphatic heterocycles. The fourth-order valence-electron chi connectivity index (χ4n) is 2.52. The molecule has 0 bridgehead atoms. The average Bonchev–Trinajstić information content (AvgIpc) is 2.19. The zero-order valence-corrected chi connectivity index (χ0v) is 10.6. The zero-order valence-electron chi connectivity index (χ0n) is 10.6. The molecule has 1 aromatic carbocycles. The van der Waals surface area contributed by atoms with E-state index >= 15 is 0 Å². The normalized spacial score (nSPS) is 18.5. The largest absolute Gasteiger partial charge is 0.374 e. The van der Waals surface area contributed by atoms with Crippen LogP contribution in [0, 0.1) is 5.92 Å². The Morgan fingerprint density at radius 2 is 1.81 bits per heavy atom.